The number of carbonyl (C=O) groups excluding carboxylic acids is 3. The topological polar surface area (TPSA) is 60.4 Å². The van der Waals surface area contributed by atoms with Gasteiger partial charge in [-0.3, -0.25) is 9.59 Å². The molecule has 0 amide bonds. The van der Waals surface area contributed by atoms with Crippen LogP contribution in [0.2, 0.25) is 0 Å². The van der Waals surface area contributed by atoms with Crippen LogP contribution in [-0.4, -0.2) is 24.1 Å². The summed E-state index contributed by atoms with van der Waals surface area (Å²) >= 11 is 0. The average molecular weight is 310 g/mol. The van der Waals surface area contributed by atoms with Gasteiger partial charge in [-0.15, -0.1) is 0 Å². The number of carbonyl (C=O) groups is 3. The fourth-order valence-corrected chi connectivity index (χ4v) is 2.24. The van der Waals surface area contributed by atoms with Crippen LogP contribution in [0.3, 0.4) is 0 Å². The van der Waals surface area contributed by atoms with Gasteiger partial charge in [-0.1, -0.05) is 55.5 Å². The van der Waals surface area contributed by atoms with E-state index < -0.39 is 17.7 Å². The van der Waals surface area contributed by atoms with E-state index in [-0.39, 0.29) is 12.4 Å². The molecule has 0 N–H and O–H groups in total. The molecule has 0 aliphatic heterocycles. The van der Waals surface area contributed by atoms with Crippen LogP contribution in [-0.2, 0) is 14.3 Å². The normalized spacial score (nSPS) is 11.6. The van der Waals surface area contributed by atoms with Crippen LogP contribution in [0.15, 0.2) is 54.6 Å². The van der Waals surface area contributed by atoms with Crippen molar-refractivity contribution in [3.8, 4) is 0 Å². The van der Waals surface area contributed by atoms with E-state index >= 15 is 0 Å². The molecule has 4 nitrogen and oxygen atoms in total. The summed E-state index contributed by atoms with van der Waals surface area (Å²) in [5.74, 6) is -2.24. The number of benzene rings is 2. The first-order chi connectivity index (χ1) is 11.0. The fourth-order valence-electron chi connectivity index (χ4n) is 2.24. The molecule has 4 heteroatoms. The molecule has 2 aromatic carbocycles. The zero-order valence-corrected chi connectivity index (χ0v) is 13.1. The van der Waals surface area contributed by atoms with Gasteiger partial charge in [0, 0.05) is 11.1 Å². The van der Waals surface area contributed by atoms with Gasteiger partial charge in [-0.2, -0.15) is 0 Å². The van der Waals surface area contributed by atoms with Gasteiger partial charge in [0.25, 0.3) is 0 Å². The Balaban J connectivity index is 2.24. The third kappa shape index (κ3) is 3.92. The zero-order valence-electron chi connectivity index (χ0n) is 13.1. The lowest BCUT2D eigenvalue weighted by Crippen LogP contribution is -2.23. The summed E-state index contributed by atoms with van der Waals surface area (Å²) in [4.78, 5) is 36.0. The second-order valence-electron chi connectivity index (χ2n) is 5.13. The van der Waals surface area contributed by atoms with Crippen molar-refractivity contribution in [1.82, 2.24) is 0 Å². The van der Waals surface area contributed by atoms with E-state index in [0.717, 1.165) is 0 Å². The van der Waals surface area contributed by atoms with Crippen molar-refractivity contribution >= 4 is 17.5 Å². The number of Topliss-reactive ketones (excluding diaryl/α,β-unsaturated/α-hetero) is 1. The highest BCUT2D eigenvalue weighted by molar-refractivity contribution is 6.35. The Kier molecular flexibility index (Phi) is 5.41. The SMILES string of the molecule is CCOC(=O)C(=O)C(C)c1cccc(C(=O)c2ccccc2)c1. The van der Waals surface area contributed by atoms with Gasteiger partial charge in [0.05, 0.1) is 12.5 Å². The Morgan fingerprint density at radius 1 is 0.957 bits per heavy atom. The van der Waals surface area contributed by atoms with Gasteiger partial charge in [-0.25, -0.2) is 4.79 Å². The van der Waals surface area contributed by atoms with Crippen LogP contribution in [0.1, 0.15) is 41.3 Å². The zero-order chi connectivity index (χ0) is 16.8. The second kappa shape index (κ2) is 7.49. The molecule has 0 aliphatic rings. The Hall–Kier alpha value is -2.75. The molecular weight excluding hydrogens is 292 g/mol. The van der Waals surface area contributed by atoms with E-state index in [1.54, 1.807) is 62.4 Å². The predicted octanol–water partition coefficient (Wildman–Crippen LogP) is 3.15. The Morgan fingerprint density at radius 3 is 2.26 bits per heavy atom. The average Bonchev–Trinajstić information content (AvgIpc) is 2.60. The molecule has 1 unspecified atom stereocenters. The number of ketones is 2. The van der Waals surface area contributed by atoms with E-state index in [4.69, 9.17) is 4.74 Å². The minimum Gasteiger partial charge on any atom is -0.460 e. The standard InChI is InChI=1S/C19H18O4/c1-3-23-19(22)17(20)13(2)15-10-7-11-16(12-15)18(21)14-8-5-4-6-9-14/h4-13H,3H2,1-2H3. The summed E-state index contributed by atoms with van der Waals surface area (Å²) in [6, 6.07) is 15.7. The highest BCUT2D eigenvalue weighted by Crippen LogP contribution is 2.20. The summed E-state index contributed by atoms with van der Waals surface area (Å²) in [5.41, 5.74) is 1.68. The van der Waals surface area contributed by atoms with Gasteiger partial charge in [-0.05, 0) is 18.6 Å². The summed E-state index contributed by atoms with van der Waals surface area (Å²) < 4.78 is 4.74. The van der Waals surface area contributed by atoms with Crippen LogP contribution in [0.25, 0.3) is 0 Å². The number of hydrogen-bond donors (Lipinski definition) is 0. The maximum absolute atomic E-state index is 12.5. The van der Waals surface area contributed by atoms with E-state index in [1.807, 2.05) is 6.07 Å². The maximum atomic E-state index is 12.5. The van der Waals surface area contributed by atoms with Gasteiger partial charge < -0.3 is 4.74 Å². The van der Waals surface area contributed by atoms with Crippen LogP contribution in [0, 0.1) is 0 Å². The van der Waals surface area contributed by atoms with Crippen LogP contribution in [0.5, 0.6) is 0 Å². The minimum absolute atomic E-state index is 0.122. The van der Waals surface area contributed by atoms with Crippen molar-refractivity contribution in [3.05, 3.63) is 71.3 Å². The van der Waals surface area contributed by atoms with Crippen molar-refractivity contribution in [2.75, 3.05) is 6.61 Å². The molecule has 2 rings (SSSR count). The molecule has 1 atom stereocenters. The molecule has 0 radical (unpaired) electrons. The van der Waals surface area contributed by atoms with Crippen molar-refractivity contribution in [2.24, 2.45) is 0 Å². The van der Waals surface area contributed by atoms with E-state index in [0.29, 0.717) is 16.7 Å². The lowest BCUT2D eigenvalue weighted by Gasteiger charge is -2.11. The first kappa shape index (κ1) is 16.6. The fraction of sp³-hybridized carbons (Fsp3) is 0.211. The lowest BCUT2D eigenvalue weighted by molar-refractivity contribution is -0.154. The molecular formula is C19H18O4. The lowest BCUT2D eigenvalue weighted by atomic mass is 9.93. The van der Waals surface area contributed by atoms with Crippen molar-refractivity contribution < 1.29 is 19.1 Å². The molecule has 0 saturated carbocycles. The van der Waals surface area contributed by atoms with Gasteiger partial charge in [0.2, 0.25) is 5.78 Å². The van der Waals surface area contributed by atoms with Crippen LogP contribution < -0.4 is 0 Å². The van der Waals surface area contributed by atoms with Crippen molar-refractivity contribution in [1.29, 1.82) is 0 Å². The molecule has 0 saturated heterocycles. The van der Waals surface area contributed by atoms with Gasteiger partial charge in [0.1, 0.15) is 0 Å². The van der Waals surface area contributed by atoms with Crippen LogP contribution in [0.4, 0.5) is 0 Å². The third-order valence-corrected chi connectivity index (χ3v) is 3.55. The third-order valence-electron chi connectivity index (χ3n) is 3.55. The number of hydrogen-bond acceptors (Lipinski definition) is 4. The predicted molar refractivity (Wildman–Crippen MR) is 86.4 cm³/mol. The molecule has 118 valence electrons. The first-order valence-electron chi connectivity index (χ1n) is 7.45. The Bertz CT molecular complexity index is 719. The molecule has 0 spiro atoms. The number of esters is 1. The molecule has 0 aromatic heterocycles. The smallest absolute Gasteiger partial charge is 0.375 e. The monoisotopic (exact) mass is 310 g/mol. The summed E-state index contributed by atoms with van der Waals surface area (Å²) in [6.07, 6.45) is 0. The first-order valence-corrected chi connectivity index (χ1v) is 7.45. The number of ether oxygens (including phenoxy) is 1. The molecule has 0 heterocycles. The molecule has 0 bridgehead atoms. The second-order valence-corrected chi connectivity index (χ2v) is 5.13. The van der Waals surface area contributed by atoms with E-state index in [9.17, 15) is 14.4 Å². The maximum Gasteiger partial charge on any atom is 0.375 e. The Morgan fingerprint density at radius 2 is 1.61 bits per heavy atom. The van der Waals surface area contributed by atoms with E-state index in [2.05, 4.69) is 0 Å². The summed E-state index contributed by atoms with van der Waals surface area (Å²) in [6.45, 7) is 3.43. The largest absolute Gasteiger partial charge is 0.460 e. The highest BCUT2D eigenvalue weighted by Gasteiger charge is 2.24. The minimum atomic E-state index is -0.847. The van der Waals surface area contributed by atoms with Crippen molar-refractivity contribution in [2.45, 2.75) is 19.8 Å². The number of rotatable bonds is 6. The molecule has 0 aliphatic carbocycles. The van der Waals surface area contributed by atoms with Gasteiger partial charge >= 0.3 is 5.97 Å². The molecule has 2 aromatic rings. The van der Waals surface area contributed by atoms with E-state index in [1.165, 1.54) is 0 Å². The quantitative estimate of drug-likeness (QED) is 0.467. The van der Waals surface area contributed by atoms with Crippen molar-refractivity contribution in [3.63, 3.8) is 0 Å². The molecule has 23 heavy (non-hydrogen) atoms. The molecule has 0 fully saturated rings. The Labute approximate surface area is 135 Å². The summed E-state index contributed by atoms with van der Waals surface area (Å²) in [7, 11) is 0. The summed E-state index contributed by atoms with van der Waals surface area (Å²) in [5, 5.41) is 0. The van der Waals surface area contributed by atoms with Crippen LogP contribution >= 0.6 is 0 Å². The van der Waals surface area contributed by atoms with Gasteiger partial charge in [0.15, 0.2) is 5.78 Å². The highest BCUT2D eigenvalue weighted by atomic mass is 16.5.